The Morgan fingerprint density at radius 2 is 1.88 bits per heavy atom. The largest absolute Gasteiger partial charge is 0.369 e. The van der Waals surface area contributed by atoms with Crippen LogP contribution in [0.2, 0.25) is 0 Å². The maximum absolute atomic E-state index is 12.3. The average Bonchev–Trinajstić information content (AvgIpc) is 3.50. The lowest BCUT2D eigenvalue weighted by Crippen LogP contribution is -2.44. The Kier molecular flexibility index (Phi) is 7.14. The van der Waals surface area contributed by atoms with Gasteiger partial charge in [0.25, 0.3) is 0 Å². The molecule has 2 aromatic rings. The summed E-state index contributed by atoms with van der Waals surface area (Å²) in [5.74, 6) is 0.798. The Labute approximate surface area is 190 Å². The Balaban J connectivity index is 1.26. The van der Waals surface area contributed by atoms with E-state index in [1.165, 1.54) is 11.3 Å². The molecular weight excluding hydrogens is 400 g/mol. The monoisotopic (exact) mass is 434 g/mol. The fourth-order valence-corrected chi connectivity index (χ4v) is 4.32. The van der Waals surface area contributed by atoms with Crippen LogP contribution in [0.15, 0.2) is 53.5 Å². The van der Waals surface area contributed by atoms with Crippen molar-refractivity contribution in [2.75, 3.05) is 43.4 Å². The molecular formula is C25H34N6O. The molecule has 0 spiro atoms. The topological polar surface area (TPSA) is 72.0 Å². The van der Waals surface area contributed by atoms with Crippen molar-refractivity contribution in [1.29, 1.82) is 0 Å². The van der Waals surface area contributed by atoms with Crippen LogP contribution >= 0.6 is 0 Å². The molecule has 170 valence electrons. The van der Waals surface area contributed by atoms with Crippen LogP contribution in [0.4, 0.5) is 16.2 Å². The van der Waals surface area contributed by atoms with Gasteiger partial charge in [0.05, 0.1) is 0 Å². The summed E-state index contributed by atoms with van der Waals surface area (Å²) in [6.45, 7) is 6.44. The van der Waals surface area contributed by atoms with Crippen LogP contribution in [0, 0.1) is 6.92 Å². The summed E-state index contributed by atoms with van der Waals surface area (Å²) in [6.07, 6.45) is 3.26. The second kappa shape index (κ2) is 10.4. The minimum absolute atomic E-state index is 0.00977. The molecule has 7 nitrogen and oxygen atoms in total. The van der Waals surface area contributed by atoms with Crippen LogP contribution in [0.1, 0.15) is 30.4 Å². The van der Waals surface area contributed by atoms with Gasteiger partial charge in [-0.25, -0.2) is 4.79 Å². The zero-order valence-corrected chi connectivity index (χ0v) is 19.1. The number of likely N-dealkylation sites (tertiary alicyclic amines) is 1. The van der Waals surface area contributed by atoms with E-state index in [-0.39, 0.29) is 6.03 Å². The van der Waals surface area contributed by atoms with E-state index >= 15 is 0 Å². The number of amides is 2. The van der Waals surface area contributed by atoms with Crippen molar-refractivity contribution >= 4 is 23.4 Å². The number of hydrogen-bond acceptors (Lipinski definition) is 3. The number of carbonyl (C=O) groups is 1. The average molecular weight is 435 g/mol. The van der Waals surface area contributed by atoms with Gasteiger partial charge in [-0.05, 0) is 56.0 Å². The molecule has 32 heavy (non-hydrogen) atoms. The van der Waals surface area contributed by atoms with Crippen LogP contribution in [0.25, 0.3) is 0 Å². The Morgan fingerprint density at radius 1 is 1.09 bits per heavy atom. The van der Waals surface area contributed by atoms with E-state index in [1.54, 1.807) is 7.05 Å². The molecule has 0 radical (unpaired) electrons. The van der Waals surface area contributed by atoms with Crippen molar-refractivity contribution in [1.82, 2.24) is 15.5 Å². The summed E-state index contributed by atoms with van der Waals surface area (Å²) >= 11 is 0. The highest BCUT2D eigenvalue weighted by molar-refractivity contribution is 5.89. The van der Waals surface area contributed by atoms with Crippen LogP contribution in [0.3, 0.4) is 0 Å². The maximum atomic E-state index is 12.3. The molecule has 3 N–H and O–H groups in total. The molecule has 2 fully saturated rings. The quantitative estimate of drug-likeness (QED) is 0.497. The third kappa shape index (κ3) is 5.72. The highest BCUT2D eigenvalue weighted by Gasteiger charge is 2.23. The number of rotatable bonds is 5. The molecule has 1 unspecified atom stereocenters. The first kappa shape index (κ1) is 22.0. The van der Waals surface area contributed by atoms with E-state index in [4.69, 9.17) is 0 Å². The predicted octanol–water partition coefficient (Wildman–Crippen LogP) is 3.57. The number of aliphatic imine (C=N–C) groups is 1. The van der Waals surface area contributed by atoms with Crippen molar-refractivity contribution in [3.63, 3.8) is 0 Å². The molecule has 2 amide bonds. The van der Waals surface area contributed by atoms with Crippen LogP contribution in [-0.2, 0) is 6.54 Å². The fourth-order valence-electron chi connectivity index (χ4n) is 4.32. The van der Waals surface area contributed by atoms with E-state index in [9.17, 15) is 4.79 Å². The number of anilines is 2. The number of urea groups is 1. The minimum atomic E-state index is -0.00977. The van der Waals surface area contributed by atoms with Gasteiger partial charge < -0.3 is 25.8 Å². The molecule has 2 saturated heterocycles. The van der Waals surface area contributed by atoms with E-state index in [1.807, 2.05) is 23.1 Å². The first-order valence-electron chi connectivity index (χ1n) is 11.5. The van der Waals surface area contributed by atoms with Crippen molar-refractivity contribution in [3.05, 3.63) is 59.7 Å². The number of nitrogens with one attached hydrogen (secondary N) is 3. The molecule has 2 aliphatic rings. The molecule has 0 aliphatic carbocycles. The molecule has 4 rings (SSSR count). The van der Waals surface area contributed by atoms with Gasteiger partial charge in [-0.1, -0.05) is 29.8 Å². The molecule has 2 heterocycles. The van der Waals surface area contributed by atoms with E-state index in [2.05, 4.69) is 63.1 Å². The second-order valence-electron chi connectivity index (χ2n) is 8.66. The fraction of sp³-hybridized carbons (Fsp3) is 0.440. The summed E-state index contributed by atoms with van der Waals surface area (Å²) in [7, 11) is 1.80. The highest BCUT2D eigenvalue weighted by atomic mass is 16.2. The van der Waals surface area contributed by atoms with Gasteiger partial charge in [-0.3, -0.25) is 4.99 Å². The van der Waals surface area contributed by atoms with Gasteiger partial charge in [0.1, 0.15) is 0 Å². The molecule has 0 saturated carbocycles. The molecule has 2 aliphatic heterocycles. The highest BCUT2D eigenvalue weighted by Crippen LogP contribution is 2.21. The molecule has 1 atom stereocenters. The van der Waals surface area contributed by atoms with E-state index < -0.39 is 0 Å². The van der Waals surface area contributed by atoms with E-state index in [0.29, 0.717) is 12.6 Å². The zero-order valence-electron chi connectivity index (χ0n) is 19.1. The summed E-state index contributed by atoms with van der Waals surface area (Å²) < 4.78 is 0. The number of hydrogen-bond donors (Lipinski definition) is 3. The number of nitrogens with zero attached hydrogens (tertiary/aromatic N) is 3. The van der Waals surface area contributed by atoms with Crippen LogP contribution < -0.4 is 20.9 Å². The summed E-state index contributed by atoms with van der Waals surface area (Å²) in [5, 5.41) is 9.98. The number of guanidine groups is 1. The van der Waals surface area contributed by atoms with Crippen LogP contribution in [-0.4, -0.2) is 56.2 Å². The van der Waals surface area contributed by atoms with Gasteiger partial charge in [0, 0.05) is 57.2 Å². The van der Waals surface area contributed by atoms with Crippen molar-refractivity contribution in [2.24, 2.45) is 4.99 Å². The smallest absolute Gasteiger partial charge is 0.321 e. The van der Waals surface area contributed by atoms with E-state index in [0.717, 1.165) is 62.7 Å². The number of aryl methyl sites for hydroxylation is 1. The normalized spacial score (nSPS) is 18.7. The summed E-state index contributed by atoms with van der Waals surface area (Å²) in [5.41, 5.74) is 4.48. The summed E-state index contributed by atoms with van der Waals surface area (Å²) in [4.78, 5) is 21.0. The second-order valence-corrected chi connectivity index (χ2v) is 8.66. The van der Waals surface area contributed by atoms with Gasteiger partial charge in [-0.15, -0.1) is 0 Å². The lowest BCUT2D eigenvalue weighted by molar-refractivity contribution is 0.222. The Bertz CT molecular complexity index is 936. The minimum Gasteiger partial charge on any atom is -0.369 e. The third-order valence-electron chi connectivity index (χ3n) is 6.18. The summed E-state index contributed by atoms with van der Waals surface area (Å²) in [6, 6.07) is 17.0. The van der Waals surface area contributed by atoms with Gasteiger partial charge >= 0.3 is 6.03 Å². The molecule has 0 aromatic heterocycles. The SMILES string of the molecule is CN=C(NCc1cccc(NC(=O)N2CCCC2)c1)NC1CCN(c2ccc(C)cc2)C1. The van der Waals surface area contributed by atoms with Gasteiger partial charge in [0.2, 0.25) is 0 Å². The number of carbonyl (C=O) groups excluding carboxylic acids is 1. The first-order valence-corrected chi connectivity index (χ1v) is 11.5. The van der Waals surface area contributed by atoms with Crippen LogP contribution in [0.5, 0.6) is 0 Å². The standard InChI is InChI=1S/C25H34N6O/c1-19-8-10-23(11-9-19)31-15-12-22(18-31)28-24(26-2)27-17-20-6-5-7-21(16-20)29-25(32)30-13-3-4-14-30/h5-11,16,22H,3-4,12-15,17-18H2,1-2H3,(H,29,32)(H2,26,27,28). The Hall–Kier alpha value is -3.22. The number of benzene rings is 2. The molecule has 0 bridgehead atoms. The van der Waals surface area contributed by atoms with Crippen molar-refractivity contribution in [2.45, 2.75) is 38.8 Å². The van der Waals surface area contributed by atoms with Gasteiger partial charge in [-0.2, -0.15) is 0 Å². The molecule has 7 heteroatoms. The maximum Gasteiger partial charge on any atom is 0.321 e. The van der Waals surface area contributed by atoms with Crippen molar-refractivity contribution in [3.8, 4) is 0 Å². The predicted molar refractivity (Wildman–Crippen MR) is 131 cm³/mol. The third-order valence-corrected chi connectivity index (χ3v) is 6.18. The molecule has 2 aromatic carbocycles. The lowest BCUT2D eigenvalue weighted by Gasteiger charge is -2.21. The van der Waals surface area contributed by atoms with Gasteiger partial charge in [0.15, 0.2) is 5.96 Å². The lowest BCUT2D eigenvalue weighted by atomic mass is 10.2. The Morgan fingerprint density at radius 3 is 2.62 bits per heavy atom. The first-order chi connectivity index (χ1) is 15.6. The van der Waals surface area contributed by atoms with Crippen molar-refractivity contribution < 1.29 is 4.79 Å². The zero-order chi connectivity index (χ0) is 22.3.